The summed E-state index contributed by atoms with van der Waals surface area (Å²) >= 11 is 0. The van der Waals surface area contributed by atoms with Crippen molar-refractivity contribution in [2.45, 2.75) is 26.2 Å². The molecule has 0 heterocycles. The number of rotatable bonds is 6. The standard InChI is InChI=1S/C13H18O3/c1-4-10-8-11(6-5-7-14)13(16-3)12(9-10)15-2/h7-9H,4-6H2,1-3H3. The summed E-state index contributed by atoms with van der Waals surface area (Å²) in [4.78, 5) is 10.4. The van der Waals surface area contributed by atoms with E-state index in [0.29, 0.717) is 12.8 Å². The van der Waals surface area contributed by atoms with Gasteiger partial charge in [-0.2, -0.15) is 0 Å². The number of aldehydes is 1. The van der Waals surface area contributed by atoms with E-state index < -0.39 is 0 Å². The summed E-state index contributed by atoms with van der Waals surface area (Å²) in [7, 11) is 3.24. The van der Waals surface area contributed by atoms with Crippen LogP contribution in [0.4, 0.5) is 0 Å². The summed E-state index contributed by atoms with van der Waals surface area (Å²) in [5, 5.41) is 0. The van der Waals surface area contributed by atoms with Crippen LogP contribution in [0.5, 0.6) is 11.5 Å². The van der Waals surface area contributed by atoms with Crippen molar-refractivity contribution in [2.24, 2.45) is 0 Å². The molecule has 1 aromatic rings. The zero-order valence-corrected chi connectivity index (χ0v) is 10.1. The van der Waals surface area contributed by atoms with Gasteiger partial charge in [-0.15, -0.1) is 0 Å². The van der Waals surface area contributed by atoms with Gasteiger partial charge in [0.25, 0.3) is 0 Å². The lowest BCUT2D eigenvalue weighted by Gasteiger charge is -2.14. The van der Waals surface area contributed by atoms with Crippen LogP contribution in [-0.2, 0) is 17.6 Å². The molecule has 16 heavy (non-hydrogen) atoms. The first-order valence-corrected chi connectivity index (χ1v) is 5.44. The van der Waals surface area contributed by atoms with E-state index in [1.165, 1.54) is 5.56 Å². The summed E-state index contributed by atoms with van der Waals surface area (Å²) in [6.45, 7) is 2.09. The largest absolute Gasteiger partial charge is 0.493 e. The third-order valence-electron chi connectivity index (χ3n) is 2.56. The molecule has 0 saturated heterocycles. The van der Waals surface area contributed by atoms with E-state index in [2.05, 4.69) is 13.0 Å². The molecule has 0 spiro atoms. The van der Waals surface area contributed by atoms with Crippen LogP contribution in [0.3, 0.4) is 0 Å². The molecule has 0 amide bonds. The molecule has 1 aromatic carbocycles. The minimum atomic E-state index is 0.507. The highest BCUT2D eigenvalue weighted by Crippen LogP contribution is 2.33. The van der Waals surface area contributed by atoms with Gasteiger partial charge < -0.3 is 14.3 Å². The van der Waals surface area contributed by atoms with Crippen molar-refractivity contribution in [3.8, 4) is 11.5 Å². The van der Waals surface area contributed by atoms with Gasteiger partial charge in [0.15, 0.2) is 11.5 Å². The summed E-state index contributed by atoms with van der Waals surface area (Å²) in [5.74, 6) is 1.48. The number of carbonyl (C=O) groups is 1. The molecule has 3 nitrogen and oxygen atoms in total. The van der Waals surface area contributed by atoms with E-state index in [9.17, 15) is 4.79 Å². The number of aryl methyl sites for hydroxylation is 2. The van der Waals surface area contributed by atoms with Gasteiger partial charge in [0.05, 0.1) is 14.2 Å². The summed E-state index contributed by atoms with van der Waals surface area (Å²) in [6.07, 6.45) is 3.06. The third kappa shape index (κ3) is 2.75. The van der Waals surface area contributed by atoms with Crippen LogP contribution < -0.4 is 9.47 Å². The van der Waals surface area contributed by atoms with Crippen molar-refractivity contribution in [3.05, 3.63) is 23.3 Å². The molecule has 88 valence electrons. The quantitative estimate of drug-likeness (QED) is 0.693. The van der Waals surface area contributed by atoms with Gasteiger partial charge in [0.1, 0.15) is 6.29 Å². The second kappa shape index (κ2) is 6.16. The Morgan fingerprint density at radius 2 is 2.00 bits per heavy atom. The molecular weight excluding hydrogens is 204 g/mol. The minimum Gasteiger partial charge on any atom is -0.493 e. The highest BCUT2D eigenvalue weighted by atomic mass is 16.5. The Balaban J connectivity index is 3.14. The summed E-state index contributed by atoms with van der Waals surface area (Å²) in [5.41, 5.74) is 2.23. The van der Waals surface area contributed by atoms with Crippen LogP contribution in [0, 0.1) is 0 Å². The predicted molar refractivity (Wildman–Crippen MR) is 63.3 cm³/mol. The summed E-state index contributed by atoms with van der Waals surface area (Å²) in [6, 6.07) is 4.05. The fourth-order valence-corrected chi connectivity index (χ4v) is 1.71. The second-order valence-electron chi connectivity index (χ2n) is 3.55. The molecule has 0 bridgehead atoms. The molecule has 0 atom stereocenters. The van der Waals surface area contributed by atoms with Crippen LogP contribution in [0.2, 0.25) is 0 Å². The molecule has 0 unspecified atom stereocenters. The van der Waals surface area contributed by atoms with Gasteiger partial charge in [-0.05, 0) is 30.0 Å². The lowest BCUT2D eigenvalue weighted by Crippen LogP contribution is -1.99. The zero-order valence-electron chi connectivity index (χ0n) is 10.1. The normalized spacial score (nSPS) is 9.94. The first-order chi connectivity index (χ1) is 7.76. The molecule has 0 aliphatic rings. The van der Waals surface area contributed by atoms with Crippen molar-refractivity contribution in [1.82, 2.24) is 0 Å². The van der Waals surface area contributed by atoms with Gasteiger partial charge >= 0.3 is 0 Å². The highest BCUT2D eigenvalue weighted by Gasteiger charge is 2.11. The molecule has 0 N–H and O–H groups in total. The highest BCUT2D eigenvalue weighted by molar-refractivity contribution is 5.54. The topological polar surface area (TPSA) is 35.5 Å². The third-order valence-corrected chi connectivity index (χ3v) is 2.56. The molecule has 0 radical (unpaired) electrons. The number of hydrogen-bond donors (Lipinski definition) is 0. The molecule has 1 rings (SSSR count). The average molecular weight is 222 g/mol. The Hall–Kier alpha value is -1.51. The first-order valence-electron chi connectivity index (χ1n) is 5.44. The monoisotopic (exact) mass is 222 g/mol. The van der Waals surface area contributed by atoms with Gasteiger partial charge in [0, 0.05) is 6.42 Å². The van der Waals surface area contributed by atoms with Crippen LogP contribution in [0.15, 0.2) is 12.1 Å². The Labute approximate surface area is 96.4 Å². The molecule has 0 fully saturated rings. The van der Waals surface area contributed by atoms with Gasteiger partial charge in [-0.3, -0.25) is 0 Å². The van der Waals surface area contributed by atoms with E-state index in [-0.39, 0.29) is 0 Å². The maximum Gasteiger partial charge on any atom is 0.163 e. The van der Waals surface area contributed by atoms with Crippen LogP contribution in [0.1, 0.15) is 24.5 Å². The lowest BCUT2D eigenvalue weighted by atomic mass is 10.0. The maximum atomic E-state index is 10.4. The first kappa shape index (κ1) is 12.6. The number of carbonyl (C=O) groups excluding carboxylic acids is 1. The van der Waals surface area contributed by atoms with Crippen LogP contribution >= 0.6 is 0 Å². The van der Waals surface area contributed by atoms with Gasteiger partial charge in [-0.25, -0.2) is 0 Å². The van der Waals surface area contributed by atoms with Crippen LogP contribution in [-0.4, -0.2) is 20.5 Å². The van der Waals surface area contributed by atoms with Gasteiger partial charge in [-0.1, -0.05) is 13.0 Å². The second-order valence-corrected chi connectivity index (χ2v) is 3.55. The van der Waals surface area contributed by atoms with E-state index in [0.717, 1.165) is 29.8 Å². The van der Waals surface area contributed by atoms with Crippen molar-refractivity contribution in [1.29, 1.82) is 0 Å². The minimum absolute atomic E-state index is 0.507. The molecule has 0 aliphatic carbocycles. The summed E-state index contributed by atoms with van der Waals surface area (Å²) < 4.78 is 10.6. The van der Waals surface area contributed by atoms with E-state index in [1.807, 2.05) is 6.07 Å². The number of ether oxygens (including phenoxy) is 2. The Morgan fingerprint density at radius 3 is 2.50 bits per heavy atom. The molecule has 0 aromatic heterocycles. The molecule has 0 aliphatic heterocycles. The lowest BCUT2D eigenvalue weighted by molar-refractivity contribution is -0.107. The molecule has 0 saturated carbocycles. The fourth-order valence-electron chi connectivity index (χ4n) is 1.71. The zero-order chi connectivity index (χ0) is 12.0. The Bertz CT molecular complexity index is 358. The van der Waals surface area contributed by atoms with Crippen molar-refractivity contribution < 1.29 is 14.3 Å². The Kier molecular flexibility index (Phi) is 4.83. The number of benzene rings is 1. The van der Waals surface area contributed by atoms with Crippen LogP contribution in [0.25, 0.3) is 0 Å². The van der Waals surface area contributed by atoms with Crippen molar-refractivity contribution >= 4 is 6.29 Å². The Morgan fingerprint density at radius 1 is 1.25 bits per heavy atom. The van der Waals surface area contributed by atoms with E-state index in [1.54, 1.807) is 14.2 Å². The number of methoxy groups -OCH3 is 2. The van der Waals surface area contributed by atoms with E-state index >= 15 is 0 Å². The van der Waals surface area contributed by atoms with Gasteiger partial charge in [0.2, 0.25) is 0 Å². The SMILES string of the molecule is CCc1cc(CCC=O)c(OC)c(OC)c1. The predicted octanol–water partition coefficient (Wildman–Crippen LogP) is 2.40. The van der Waals surface area contributed by atoms with Crippen molar-refractivity contribution in [2.75, 3.05) is 14.2 Å². The number of hydrogen-bond acceptors (Lipinski definition) is 3. The smallest absolute Gasteiger partial charge is 0.163 e. The maximum absolute atomic E-state index is 10.4. The molecular formula is C13H18O3. The van der Waals surface area contributed by atoms with Crippen molar-refractivity contribution in [3.63, 3.8) is 0 Å². The fraction of sp³-hybridized carbons (Fsp3) is 0.462. The average Bonchev–Trinajstić information content (AvgIpc) is 2.34. The molecule has 3 heteroatoms. The van der Waals surface area contributed by atoms with E-state index in [4.69, 9.17) is 9.47 Å².